The van der Waals surface area contributed by atoms with Crippen LogP contribution in [0.15, 0.2) is 71.8 Å². The molecule has 0 bridgehead atoms. The lowest BCUT2D eigenvalue weighted by atomic mass is 10.2. The Morgan fingerprint density at radius 1 is 0.969 bits per heavy atom. The minimum Gasteiger partial charge on any atom is -0.495 e. The Hall–Kier alpha value is -3.43. The number of anilines is 3. The van der Waals surface area contributed by atoms with Crippen molar-refractivity contribution in [1.29, 1.82) is 0 Å². The maximum Gasteiger partial charge on any atom is 0.274 e. The molecule has 3 rings (SSSR count). The molecule has 0 aliphatic carbocycles. The number of methoxy groups -OCH3 is 1. The number of nitrogens with one attached hydrogen (secondary N) is 2. The van der Waals surface area contributed by atoms with Gasteiger partial charge in [-0.25, -0.2) is 8.42 Å². The average molecular weight is 455 g/mol. The number of benzene rings is 2. The first-order chi connectivity index (χ1) is 15.4. The highest BCUT2D eigenvalue weighted by Gasteiger charge is 2.23. The van der Waals surface area contributed by atoms with Crippen molar-refractivity contribution in [3.05, 3.63) is 72.6 Å². The van der Waals surface area contributed by atoms with Crippen molar-refractivity contribution in [2.75, 3.05) is 30.8 Å². The molecule has 0 aliphatic heterocycles. The van der Waals surface area contributed by atoms with Gasteiger partial charge in [0, 0.05) is 19.3 Å². The van der Waals surface area contributed by atoms with Gasteiger partial charge in [-0.2, -0.15) is 4.31 Å². The molecule has 1 aromatic heterocycles. The fourth-order valence-corrected chi connectivity index (χ4v) is 4.67. The summed E-state index contributed by atoms with van der Waals surface area (Å²) >= 11 is 0. The number of para-hydroxylation sites is 2. The van der Waals surface area contributed by atoms with Gasteiger partial charge < -0.3 is 15.4 Å². The third-order valence-electron chi connectivity index (χ3n) is 4.86. The van der Waals surface area contributed by atoms with Crippen molar-refractivity contribution in [2.24, 2.45) is 0 Å². The predicted octanol–water partition coefficient (Wildman–Crippen LogP) is 4.12. The van der Waals surface area contributed by atoms with Crippen molar-refractivity contribution in [3.8, 4) is 5.75 Å². The molecule has 2 N–H and O–H groups in total. The van der Waals surface area contributed by atoms with Crippen LogP contribution in [-0.2, 0) is 10.0 Å². The highest BCUT2D eigenvalue weighted by molar-refractivity contribution is 7.89. The molecule has 0 atom stereocenters. The molecular formula is C23H26N4O4S. The molecule has 1 heterocycles. The van der Waals surface area contributed by atoms with Crippen LogP contribution in [0.4, 0.5) is 17.1 Å². The Balaban J connectivity index is 2.05. The fraction of sp³-hybridized carbons (Fsp3) is 0.217. The molecule has 168 valence electrons. The van der Waals surface area contributed by atoms with Crippen molar-refractivity contribution in [2.45, 2.75) is 18.7 Å². The van der Waals surface area contributed by atoms with E-state index in [1.807, 2.05) is 18.2 Å². The Labute approximate surface area is 188 Å². The number of sulfonamides is 1. The van der Waals surface area contributed by atoms with Crippen LogP contribution in [0.5, 0.6) is 5.75 Å². The SMILES string of the molecule is CCN(CC)S(=O)(=O)c1ccc(Nc2ccccc2OC)c(NC(=O)c2ccccn2)c1. The highest BCUT2D eigenvalue weighted by atomic mass is 32.2. The van der Waals surface area contributed by atoms with Crippen LogP contribution >= 0.6 is 0 Å². The molecule has 2 aromatic carbocycles. The summed E-state index contributed by atoms with van der Waals surface area (Å²) in [6.07, 6.45) is 1.52. The second kappa shape index (κ2) is 10.3. The van der Waals surface area contributed by atoms with Crippen LogP contribution in [-0.4, -0.2) is 43.8 Å². The first-order valence-electron chi connectivity index (χ1n) is 10.2. The smallest absolute Gasteiger partial charge is 0.274 e. The number of pyridine rings is 1. The zero-order valence-corrected chi connectivity index (χ0v) is 19.0. The van der Waals surface area contributed by atoms with Gasteiger partial charge in [-0.3, -0.25) is 9.78 Å². The number of hydrogen-bond acceptors (Lipinski definition) is 6. The van der Waals surface area contributed by atoms with Crippen LogP contribution in [0.25, 0.3) is 0 Å². The number of nitrogens with zero attached hydrogens (tertiary/aromatic N) is 2. The predicted molar refractivity (Wildman–Crippen MR) is 125 cm³/mol. The largest absolute Gasteiger partial charge is 0.495 e. The van der Waals surface area contributed by atoms with E-state index in [-0.39, 0.29) is 10.6 Å². The van der Waals surface area contributed by atoms with E-state index in [1.165, 1.54) is 22.6 Å². The minimum atomic E-state index is -3.71. The van der Waals surface area contributed by atoms with Gasteiger partial charge in [0.15, 0.2) is 0 Å². The van der Waals surface area contributed by atoms with E-state index in [0.29, 0.717) is 35.9 Å². The molecule has 8 nitrogen and oxygen atoms in total. The Morgan fingerprint density at radius 3 is 2.34 bits per heavy atom. The van der Waals surface area contributed by atoms with Gasteiger partial charge in [0.25, 0.3) is 5.91 Å². The third-order valence-corrected chi connectivity index (χ3v) is 6.90. The third kappa shape index (κ3) is 5.06. The lowest BCUT2D eigenvalue weighted by Gasteiger charge is -2.20. The van der Waals surface area contributed by atoms with Gasteiger partial charge >= 0.3 is 0 Å². The maximum atomic E-state index is 13.0. The fourth-order valence-electron chi connectivity index (χ4n) is 3.19. The van der Waals surface area contributed by atoms with E-state index >= 15 is 0 Å². The number of aromatic nitrogens is 1. The molecule has 3 aromatic rings. The number of ether oxygens (including phenoxy) is 1. The summed E-state index contributed by atoms with van der Waals surface area (Å²) in [6, 6.07) is 16.9. The summed E-state index contributed by atoms with van der Waals surface area (Å²) < 4.78 is 32.8. The topological polar surface area (TPSA) is 101 Å². The number of carbonyl (C=O) groups is 1. The van der Waals surface area contributed by atoms with E-state index in [9.17, 15) is 13.2 Å². The quantitative estimate of drug-likeness (QED) is 0.505. The number of rotatable bonds is 9. The number of amides is 1. The van der Waals surface area contributed by atoms with Crippen LogP contribution in [0.3, 0.4) is 0 Å². The monoisotopic (exact) mass is 454 g/mol. The molecule has 32 heavy (non-hydrogen) atoms. The van der Waals surface area contributed by atoms with E-state index in [0.717, 1.165) is 0 Å². The maximum absolute atomic E-state index is 13.0. The lowest BCUT2D eigenvalue weighted by Crippen LogP contribution is -2.30. The summed E-state index contributed by atoms with van der Waals surface area (Å²) in [4.78, 5) is 16.9. The molecule has 0 fully saturated rings. The van der Waals surface area contributed by atoms with Gasteiger partial charge in [-0.1, -0.05) is 32.0 Å². The molecule has 0 unspecified atom stereocenters. The van der Waals surface area contributed by atoms with Crippen molar-refractivity contribution >= 4 is 33.0 Å². The van der Waals surface area contributed by atoms with Gasteiger partial charge in [-0.15, -0.1) is 0 Å². The second-order valence-electron chi connectivity index (χ2n) is 6.79. The Morgan fingerprint density at radius 2 is 1.69 bits per heavy atom. The van der Waals surface area contributed by atoms with E-state index in [1.54, 1.807) is 51.3 Å². The van der Waals surface area contributed by atoms with Gasteiger partial charge in [0.1, 0.15) is 11.4 Å². The Kier molecular flexibility index (Phi) is 7.45. The standard InChI is InChI=1S/C23H26N4O4S/c1-4-27(5-2)32(29,30)17-13-14-18(25-19-10-6-7-12-22(19)31-3)21(16-17)26-23(28)20-11-8-9-15-24-20/h6-16,25H,4-5H2,1-3H3,(H,26,28). The van der Waals surface area contributed by atoms with Crippen LogP contribution in [0.2, 0.25) is 0 Å². The molecular weight excluding hydrogens is 428 g/mol. The molecule has 0 saturated heterocycles. The van der Waals surface area contributed by atoms with Gasteiger partial charge in [0.05, 0.1) is 29.1 Å². The van der Waals surface area contributed by atoms with Crippen molar-refractivity contribution < 1.29 is 17.9 Å². The summed E-state index contributed by atoms with van der Waals surface area (Å²) in [5.41, 5.74) is 1.70. The van der Waals surface area contributed by atoms with Crippen LogP contribution < -0.4 is 15.4 Å². The minimum absolute atomic E-state index is 0.0862. The molecule has 0 saturated carbocycles. The molecule has 1 amide bonds. The van der Waals surface area contributed by atoms with E-state index in [4.69, 9.17) is 4.74 Å². The molecule has 0 spiro atoms. The molecule has 0 radical (unpaired) electrons. The zero-order chi connectivity index (χ0) is 23.1. The normalized spacial score (nSPS) is 11.2. The summed E-state index contributed by atoms with van der Waals surface area (Å²) in [6.45, 7) is 4.25. The van der Waals surface area contributed by atoms with Crippen LogP contribution in [0, 0.1) is 0 Å². The summed E-state index contributed by atoms with van der Waals surface area (Å²) in [5.74, 6) is 0.153. The highest BCUT2D eigenvalue weighted by Crippen LogP contribution is 2.33. The first-order valence-corrected chi connectivity index (χ1v) is 11.6. The zero-order valence-electron chi connectivity index (χ0n) is 18.2. The van der Waals surface area contributed by atoms with Crippen molar-refractivity contribution in [3.63, 3.8) is 0 Å². The number of carbonyl (C=O) groups excluding carboxylic acids is 1. The van der Waals surface area contributed by atoms with E-state index in [2.05, 4.69) is 15.6 Å². The van der Waals surface area contributed by atoms with Crippen molar-refractivity contribution in [1.82, 2.24) is 9.29 Å². The summed E-state index contributed by atoms with van der Waals surface area (Å²) in [7, 11) is -2.15. The summed E-state index contributed by atoms with van der Waals surface area (Å²) in [5, 5.41) is 6.00. The second-order valence-corrected chi connectivity index (χ2v) is 8.73. The first kappa shape index (κ1) is 23.2. The molecule has 9 heteroatoms. The lowest BCUT2D eigenvalue weighted by molar-refractivity contribution is 0.102. The number of hydrogen-bond donors (Lipinski definition) is 2. The van der Waals surface area contributed by atoms with E-state index < -0.39 is 15.9 Å². The average Bonchev–Trinajstić information content (AvgIpc) is 2.81. The molecule has 0 aliphatic rings. The van der Waals surface area contributed by atoms with Crippen LogP contribution in [0.1, 0.15) is 24.3 Å². The van der Waals surface area contributed by atoms with Gasteiger partial charge in [-0.05, 0) is 42.5 Å². The Bertz CT molecular complexity index is 1180. The van der Waals surface area contributed by atoms with Gasteiger partial charge in [0.2, 0.25) is 10.0 Å².